The molecule has 0 atom stereocenters. The van der Waals surface area contributed by atoms with Crippen molar-refractivity contribution in [2.24, 2.45) is 0 Å². The van der Waals surface area contributed by atoms with Gasteiger partial charge in [0.2, 0.25) is 0 Å². The number of benzene rings is 1. The number of aromatic nitrogens is 4. The molecule has 2 N–H and O–H groups in total. The van der Waals surface area contributed by atoms with Gasteiger partial charge in [0.25, 0.3) is 0 Å². The SMILES string of the molecule is O=c1nc(-c2ccc3[nH]ncc3c2)cc(C2CCCC2)[nH]1. The molecule has 4 rings (SSSR count). The second-order valence-electron chi connectivity index (χ2n) is 5.68. The Hall–Kier alpha value is -2.43. The van der Waals surface area contributed by atoms with Gasteiger partial charge in [0.05, 0.1) is 17.4 Å². The van der Waals surface area contributed by atoms with E-state index in [1.54, 1.807) is 6.20 Å². The maximum Gasteiger partial charge on any atom is 0.345 e. The molecule has 1 aromatic carbocycles. The highest BCUT2D eigenvalue weighted by molar-refractivity contribution is 5.83. The minimum atomic E-state index is -0.262. The fourth-order valence-corrected chi connectivity index (χ4v) is 3.18. The van der Waals surface area contributed by atoms with Gasteiger partial charge in [-0.2, -0.15) is 10.1 Å². The fraction of sp³-hybridized carbons (Fsp3) is 0.312. The topological polar surface area (TPSA) is 74.4 Å². The van der Waals surface area contributed by atoms with E-state index in [9.17, 15) is 4.79 Å². The van der Waals surface area contributed by atoms with Gasteiger partial charge in [0, 0.05) is 16.6 Å². The summed E-state index contributed by atoms with van der Waals surface area (Å²) < 4.78 is 0. The monoisotopic (exact) mass is 280 g/mol. The van der Waals surface area contributed by atoms with E-state index in [0.717, 1.165) is 40.7 Å². The Kier molecular flexibility index (Phi) is 2.84. The lowest BCUT2D eigenvalue weighted by molar-refractivity contribution is 0.689. The second-order valence-corrected chi connectivity index (χ2v) is 5.68. The normalized spacial score (nSPS) is 15.8. The zero-order valence-corrected chi connectivity index (χ0v) is 11.6. The maximum absolute atomic E-state index is 11.9. The Morgan fingerprint density at radius 3 is 2.86 bits per heavy atom. The molecule has 1 aliphatic rings. The molecule has 0 unspecified atom stereocenters. The standard InChI is InChI=1S/C16H16N4O/c21-16-18-14(10-3-1-2-4-10)8-15(19-16)11-5-6-13-12(7-11)9-17-20-13/h5-10H,1-4H2,(H,17,20)(H,18,19,21). The van der Waals surface area contributed by atoms with Crippen LogP contribution in [0.3, 0.4) is 0 Å². The molecule has 5 heteroatoms. The third-order valence-electron chi connectivity index (χ3n) is 4.30. The predicted molar refractivity (Wildman–Crippen MR) is 81.2 cm³/mol. The summed E-state index contributed by atoms with van der Waals surface area (Å²) in [5.74, 6) is 0.470. The summed E-state index contributed by atoms with van der Waals surface area (Å²) in [6.45, 7) is 0. The fourth-order valence-electron chi connectivity index (χ4n) is 3.18. The Bertz CT molecular complexity index is 843. The van der Waals surface area contributed by atoms with Crippen LogP contribution in [0.2, 0.25) is 0 Å². The van der Waals surface area contributed by atoms with Crippen molar-refractivity contribution in [1.29, 1.82) is 0 Å². The molecule has 1 fully saturated rings. The van der Waals surface area contributed by atoms with Gasteiger partial charge in [0.1, 0.15) is 0 Å². The first-order chi connectivity index (χ1) is 10.3. The van der Waals surface area contributed by atoms with Gasteiger partial charge in [-0.1, -0.05) is 18.9 Å². The predicted octanol–water partition coefficient (Wildman–Crippen LogP) is 2.97. The molecule has 1 aliphatic carbocycles. The van der Waals surface area contributed by atoms with Crippen molar-refractivity contribution < 1.29 is 0 Å². The first-order valence-corrected chi connectivity index (χ1v) is 7.34. The van der Waals surface area contributed by atoms with Crippen LogP contribution >= 0.6 is 0 Å². The van der Waals surface area contributed by atoms with E-state index in [2.05, 4.69) is 20.2 Å². The number of nitrogens with one attached hydrogen (secondary N) is 2. The Morgan fingerprint density at radius 2 is 2.00 bits per heavy atom. The summed E-state index contributed by atoms with van der Waals surface area (Å²) in [4.78, 5) is 18.9. The van der Waals surface area contributed by atoms with Crippen molar-refractivity contribution in [3.05, 3.63) is 46.6 Å². The summed E-state index contributed by atoms with van der Waals surface area (Å²) in [6, 6.07) is 7.98. The van der Waals surface area contributed by atoms with E-state index < -0.39 is 0 Å². The van der Waals surface area contributed by atoms with Gasteiger partial charge in [-0.25, -0.2) is 4.79 Å². The summed E-state index contributed by atoms with van der Waals surface area (Å²) in [7, 11) is 0. The van der Waals surface area contributed by atoms with Crippen LogP contribution in [0.4, 0.5) is 0 Å². The molecule has 0 amide bonds. The lowest BCUT2D eigenvalue weighted by Crippen LogP contribution is -2.15. The lowest BCUT2D eigenvalue weighted by atomic mass is 10.0. The molecule has 0 bridgehead atoms. The zero-order valence-electron chi connectivity index (χ0n) is 11.6. The second kappa shape index (κ2) is 4.84. The first kappa shape index (κ1) is 12.3. The smallest absolute Gasteiger partial charge is 0.309 e. The largest absolute Gasteiger partial charge is 0.345 e. The molecule has 2 heterocycles. The van der Waals surface area contributed by atoms with Crippen LogP contribution in [-0.4, -0.2) is 20.2 Å². The number of fused-ring (bicyclic) bond motifs is 1. The van der Waals surface area contributed by atoms with Gasteiger partial charge in [0.15, 0.2) is 0 Å². The van der Waals surface area contributed by atoms with E-state index in [4.69, 9.17) is 0 Å². The third kappa shape index (κ3) is 2.24. The molecule has 5 nitrogen and oxygen atoms in total. The molecule has 0 saturated heterocycles. The van der Waals surface area contributed by atoms with Crippen molar-refractivity contribution in [3.63, 3.8) is 0 Å². The summed E-state index contributed by atoms with van der Waals surface area (Å²) >= 11 is 0. The molecule has 21 heavy (non-hydrogen) atoms. The number of nitrogens with zero attached hydrogens (tertiary/aromatic N) is 2. The highest BCUT2D eigenvalue weighted by atomic mass is 16.1. The summed E-state index contributed by atoms with van der Waals surface area (Å²) in [5.41, 5.74) is 3.44. The van der Waals surface area contributed by atoms with Crippen LogP contribution in [-0.2, 0) is 0 Å². The van der Waals surface area contributed by atoms with E-state index in [0.29, 0.717) is 5.92 Å². The van der Waals surface area contributed by atoms with Gasteiger partial charge < -0.3 is 4.98 Å². The van der Waals surface area contributed by atoms with Crippen LogP contribution in [0.15, 0.2) is 35.3 Å². The Balaban J connectivity index is 1.81. The number of hydrogen-bond donors (Lipinski definition) is 2. The quantitative estimate of drug-likeness (QED) is 0.757. The van der Waals surface area contributed by atoms with Crippen LogP contribution < -0.4 is 5.69 Å². The number of rotatable bonds is 2. The average Bonchev–Trinajstić information content (AvgIpc) is 3.17. The number of H-pyrrole nitrogens is 2. The summed E-state index contributed by atoms with van der Waals surface area (Å²) in [6.07, 6.45) is 6.57. The van der Waals surface area contributed by atoms with Crippen molar-refractivity contribution in [1.82, 2.24) is 20.2 Å². The molecule has 106 valence electrons. The summed E-state index contributed by atoms with van der Waals surface area (Å²) in [5, 5.41) is 7.97. The highest BCUT2D eigenvalue weighted by Gasteiger charge is 2.19. The van der Waals surface area contributed by atoms with Crippen molar-refractivity contribution in [2.45, 2.75) is 31.6 Å². The van der Waals surface area contributed by atoms with E-state index >= 15 is 0 Å². The van der Waals surface area contributed by atoms with E-state index in [1.165, 1.54) is 12.8 Å². The van der Waals surface area contributed by atoms with Crippen molar-refractivity contribution in [3.8, 4) is 11.3 Å². The molecular weight excluding hydrogens is 264 g/mol. The van der Waals surface area contributed by atoms with Crippen LogP contribution in [0.1, 0.15) is 37.3 Å². The highest BCUT2D eigenvalue weighted by Crippen LogP contribution is 2.33. The molecule has 3 aromatic rings. The Morgan fingerprint density at radius 1 is 1.14 bits per heavy atom. The van der Waals surface area contributed by atoms with E-state index in [1.807, 2.05) is 24.3 Å². The lowest BCUT2D eigenvalue weighted by Gasteiger charge is -2.10. The Labute approximate surface area is 121 Å². The van der Waals surface area contributed by atoms with Crippen LogP contribution in [0, 0.1) is 0 Å². The van der Waals surface area contributed by atoms with Crippen LogP contribution in [0.25, 0.3) is 22.2 Å². The first-order valence-electron chi connectivity index (χ1n) is 7.34. The van der Waals surface area contributed by atoms with Crippen LogP contribution in [0.5, 0.6) is 0 Å². The number of hydrogen-bond acceptors (Lipinski definition) is 3. The number of aromatic amines is 2. The molecular formula is C16H16N4O. The van der Waals surface area contributed by atoms with Gasteiger partial charge in [-0.15, -0.1) is 0 Å². The van der Waals surface area contributed by atoms with Gasteiger partial charge in [-0.05, 0) is 37.0 Å². The molecule has 2 aromatic heterocycles. The molecule has 1 saturated carbocycles. The van der Waals surface area contributed by atoms with Crippen molar-refractivity contribution >= 4 is 10.9 Å². The zero-order chi connectivity index (χ0) is 14.2. The van der Waals surface area contributed by atoms with E-state index in [-0.39, 0.29) is 5.69 Å². The molecule has 0 spiro atoms. The van der Waals surface area contributed by atoms with Gasteiger partial charge >= 0.3 is 5.69 Å². The van der Waals surface area contributed by atoms with Gasteiger partial charge in [-0.3, -0.25) is 5.10 Å². The maximum atomic E-state index is 11.9. The minimum Gasteiger partial charge on any atom is -0.309 e. The van der Waals surface area contributed by atoms with Crippen molar-refractivity contribution in [2.75, 3.05) is 0 Å². The third-order valence-corrected chi connectivity index (χ3v) is 4.30. The minimum absolute atomic E-state index is 0.262. The molecule has 0 aliphatic heterocycles. The average molecular weight is 280 g/mol. The molecule has 0 radical (unpaired) electrons.